The molecule has 1 aliphatic carbocycles. The van der Waals surface area contributed by atoms with Gasteiger partial charge in [0.15, 0.2) is 5.82 Å². The Morgan fingerprint density at radius 3 is 2.86 bits per heavy atom. The fourth-order valence-corrected chi connectivity index (χ4v) is 5.37. The number of hydrogen-bond acceptors (Lipinski definition) is 6. The molecule has 29 heavy (non-hydrogen) atoms. The molecule has 2 N–H and O–H groups in total. The Morgan fingerprint density at radius 2 is 2.07 bits per heavy atom. The minimum atomic E-state index is -0.386. The maximum Gasteiger partial charge on any atom is 0.238 e. The normalized spacial score (nSPS) is 14.5. The third kappa shape index (κ3) is 4.36. The molecule has 4 rings (SSSR count). The van der Waals surface area contributed by atoms with Crippen molar-refractivity contribution in [3.63, 3.8) is 0 Å². The maximum atomic E-state index is 12.7. The number of aromatic amines is 1. The molecular formula is C21H21N5OS2. The molecule has 1 aliphatic rings. The number of aryl methyl sites for hydroxylation is 1. The van der Waals surface area contributed by atoms with Crippen LogP contribution in [0, 0.1) is 11.3 Å². The summed E-state index contributed by atoms with van der Waals surface area (Å²) in [7, 11) is 0. The summed E-state index contributed by atoms with van der Waals surface area (Å²) in [6.07, 6.45) is 5.37. The molecule has 1 amide bonds. The Kier molecular flexibility index (Phi) is 5.97. The highest BCUT2D eigenvalue weighted by atomic mass is 32.2. The molecule has 3 aromatic rings. The second-order valence-corrected chi connectivity index (χ2v) is 9.38. The van der Waals surface area contributed by atoms with Crippen molar-refractivity contribution in [2.45, 2.75) is 49.4 Å². The van der Waals surface area contributed by atoms with E-state index in [2.05, 4.69) is 26.6 Å². The van der Waals surface area contributed by atoms with Gasteiger partial charge in [0.25, 0.3) is 0 Å². The van der Waals surface area contributed by atoms with Gasteiger partial charge >= 0.3 is 0 Å². The highest BCUT2D eigenvalue weighted by Crippen LogP contribution is 2.37. The first-order chi connectivity index (χ1) is 14.2. The molecule has 1 aromatic carbocycles. The van der Waals surface area contributed by atoms with E-state index in [0.717, 1.165) is 36.8 Å². The van der Waals surface area contributed by atoms with Crippen LogP contribution in [0.4, 0.5) is 5.00 Å². The number of anilines is 1. The van der Waals surface area contributed by atoms with Gasteiger partial charge in [-0.2, -0.15) is 5.26 Å². The van der Waals surface area contributed by atoms with Gasteiger partial charge in [-0.25, -0.2) is 4.98 Å². The summed E-state index contributed by atoms with van der Waals surface area (Å²) in [5.41, 5.74) is 2.72. The van der Waals surface area contributed by atoms with Gasteiger partial charge in [0.05, 0.1) is 10.8 Å². The minimum Gasteiger partial charge on any atom is -0.316 e. The molecule has 1 atom stereocenters. The van der Waals surface area contributed by atoms with Gasteiger partial charge in [0.1, 0.15) is 11.1 Å². The van der Waals surface area contributed by atoms with Crippen molar-refractivity contribution in [1.29, 1.82) is 5.26 Å². The Labute approximate surface area is 177 Å². The first kappa shape index (κ1) is 19.7. The maximum absolute atomic E-state index is 12.7. The molecule has 0 aliphatic heterocycles. The molecule has 148 valence electrons. The number of benzene rings is 1. The van der Waals surface area contributed by atoms with Crippen LogP contribution in [0.25, 0.3) is 11.4 Å². The standard InChI is InChI=1S/C21H21N5OS2/c1-13(28-21-23-18(25-26-21)14-8-4-2-5-9-14)19(27)24-20-16(12-22)15-10-6-3-7-11-17(15)29-20/h2,4-5,8-9,13H,3,6-7,10-11H2,1H3,(H,24,27)(H,23,25,26). The lowest BCUT2D eigenvalue weighted by Gasteiger charge is -2.09. The lowest BCUT2D eigenvalue weighted by Crippen LogP contribution is -2.22. The quantitative estimate of drug-likeness (QED) is 0.454. The first-order valence-corrected chi connectivity index (χ1v) is 11.4. The molecule has 0 fully saturated rings. The fraction of sp³-hybridized carbons (Fsp3) is 0.333. The summed E-state index contributed by atoms with van der Waals surface area (Å²) in [5, 5.41) is 20.5. The summed E-state index contributed by atoms with van der Waals surface area (Å²) >= 11 is 2.85. The van der Waals surface area contributed by atoms with Crippen LogP contribution in [0.15, 0.2) is 35.5 Å². The average Bonchev–Trinajstić information content (AvgIpc) is 3.25. The molecule has 6 nitrogen and oxygen atoms in total. The SMILES string of the molecule is CC(Sc1n[nH]c(-c2ccccc2)n1)C(=O)Nc1sc2c(c1C#N)CCCCC2. The Balaban J connectivity index is 1.44. The number of thioether (sulfide) groups is 1. The van der Waals surface area contributed by atoms with Crippen molar-refractivity contribution < 1.29 is 4.79 Å². The van der Waals surface area contributed by atoms with Crippen molar-refractivity contribution in [1.82, 2.24) is 15.2 Å². The molecular weight excluding hydrogens is 402 g/mol. The van der Waals surface area contributed by atoms with E-state index in [4.69, 9.17) is 0 Å². The third-order valence-corrected chi connectivity index (χ3v) is 7.10. The Bertz CT molecular complexity index is 1050. The molecule has 0 bridgehead atoms. The van der Waals surface area contributed by atoms with Gasteiger partial charge in [-0.3, -0.25) is 9.89 Å². The molecule has 2 heterocycles. The van der Waals surface area contributed by atoms with E-state index < -0.39 is 0 Å². The van der Waals surface area contributed by atoms with Crippen LogP contribution in [0.2, 0.25) is 0 Å². The number of hydrogen-bond donors (Lipinski definition) is 2. The van der Waals surface area contributed by atoms with E-state index in [0.29, 0.717) is 21.5 Å². The van der Waals surface area contributed by atoms with Crippen LogP contribution in [0.5, 0.6) is 0 Å². The zero-order chi connectivity index (χ0) is 20.2. The average molecular weight is 424 g/mol. The van der Waals surface area contributed by atoms with Crippen LogP contribution in [0.1, 0.15) is 42.2 Å². The Hall–Kier alpha value is -2.63. The third-order valence-electron chi connectivity index (χ3n) is 4.93. The molecule has 2 aromatic heterocycles. The van der Waals surface area contributed by atoms with Gasteiger partial charge in [0, 0.05) is 10.4 Å². The van der Waals surface area contributed by atoms with Gasteiger partial charge in [-0.15, -0.1) is 16.4 Å². The van der Waals surface area contributed by atoms with Crippen LogP contribution in [0.3, 0.4) is 0 Å². The number of fused-ring (bicyclic) bond motifs is 1. The molecule has 8 heteroatoms. The highest BCUT2D eigenvalue weighted by Gasteiger charge is 2.23. The topological polar surface area (TPSA) is 94.5 Å². The fourth-order valence-electron chi connectivity index (χ4n) is 3.40. The lowest BCUT2D eigenvalue weighted by molar-refractivity contribution is -0.115. The molecule has 0 radical (unpaired) electrons. The largest absolute Gasteiger partial charge is 0.316 e. The molecule has 0 saturated carbocycles. The number of amides is 1. The first-order valence-electron chi connectivity index (χ1n) is 9.65. The predicted molar refractivity (Wildman–Crippen MR) is 116 cm³/mol. The number of carbonyl (C=O) groups is 1. The van der Waals surface area contributed by atoms with Crippen molar-refractivity contribution in [3.8, 4) is 17.5 Å². The number of thiophene rings is 1. The number of aromatic nitrogens is 3. The van der Waals surface area contributed by atoms with Gasteiger partial charge in [0.2, 0.25) is 11.1 Å². The highest BCUT2D eigenvalue weighted by molar-refractivity contribution is 8.00. The van der Waals surface area contributed by atoms with Crippen molar-refractivity contribution in [2.75, 3.05) is 5.32 Å². The number of H-pyrrole nitrogens is 1. The second kappa shape index (κ2) is 8.80. The van der Waals surface area contributed by atoms with Gasteiger partial charge in [-0.05, 0) is 38.2 Å². The van der Waals surface area contributed by atoms with E-state index in [1.54, 1.807) is 11.3 Å². The van der Waals surface area contributed by atoms with E-state index >= 15 is 0 Å². The summed E-state index contributed by atoms with van der Waals surface area (Å²) < 4.78 is 0. The zero-order valence-corrected chi connectivity index (χ0v) is 17.7. The van der Waals surface area contributed by atoms with E-state index in [-0.39, 0.29) is 11.2 Å². The monoisotopic (exact) mass is 423 g/mol. The van der Waals surface area contributed by atoms with Gasteiger partial charge < -0.3 is 5.32 Å². The number of carbonyl (C=O) groups excluding carboxylic acids is 1. The van der Waals surface area contributed by atoms with Crippen LogP contribution < -0.4 is 5.32 Å². The summed E-state index contributed by atoms with van der Waals surface area (Å²) in [6, 6.07) is 12.0. The molecule has 0 saturated heterocycles. The number of rotatable bonds is 5. The lowest BCUT2D eigenvalue weighted by atomic mass is 10.1. The van der Waals surface area contributed by atoms with E-state index in [1.807, 2.05) is 37.3 Å². The van der Waals surface area contributed by atoms with Crippen molar-refractivity contribution >= 4 is 34.0 Å². The predicted octanol–water partition coefficient (Wildman–Crippen LogP) is 4.79. The molecule has 0 spiro atoms. The van der Waals surface area contributed by atoms with Crippen LogP contribution in [-0.2, 0) is 17.6 Å². The summed E-state index contributed by atoms with van der Waals surface area (Å²) in [5.74, 6) is 0.531. The van der Waals surface area contributed by atoms with E-state index in [9.17, 15) is 10.1 Å². The van der Waals surface area contributed by atoms with Gasteiger partial charge in [-0.1, -0.05) is 48.5 Å². The second-order valence-electron chi connectivity index (χ2n) is 6.96. The number of nitrogens with one attached hydrogen (secondary N) is 2. The van der Waals surface area contributed by atoms with E-state index in [1.165, 1.54) is 23.1 Å². The summed E-state index contributed by atoms with van der Waals surface area (Å²) in [6.45, 7) is 1.82. The van der Waals surface area contributed by atoms with Crippen molar-refractivity contribution in [3.05, 3.63) is 46.3 Å². The summed E-state index contributed by atoms with van der Waals surface area (Å²) in [4.78, 5) is 18.5. The smallest absolute Gasteiger partial charge is 0.238 e. The van der Waals surface area contributed by atoms with Crippen molar-refractivity contribution in [2.24, 2.45) is 0 Å². The van der Waals surface area contributed by atoms with Crippen LogP contribution >= 0.6 is 23.1 Å². The Morgan fingerprint density at radius 1 is 1.28 bits per heavy atom. The number of nitriles is 1. The zero-order valence-electron chi connectivity index (χ0n) is 16.1. The number of nitrogens with zero attached hydrogens (tertiary/aromatic N) is 3. The van der Waals surface area contributed by atoms with Crippen LogP contribution in [-0.4, -0.2) is 26.3 Å². The minimum absolute atomic E-state index is 0.144. The molecule has 1 unspecified atom stereocenters.